The molecule has 0 aromatic rings. The van der Waals surface area contributed by atoms with Gasteiger partial charge in [0.25, 0.3) is 0 Å². The molecule has 0 rings (SSSR count). The quantitative estimate of drug-likeness (QED) is 0.127. The van der Waals surface area contributed by atoms with E-state index in [0.29, 0.717) is 13.0 Å². The van der Waals surface area contributed by atoms with Crippen LogP contribution in [0.3, 0.4) is 0 Å². The van der Waals surface area contributed by atoms with Crippen molar-refractivity contribution in [1.82, 2.24) is 0 Å². The zero-order valence-corrected chi connectivity index (χ0v) is 16.7. The molecule has 5 atom stereocenters. The summed E-state index contributed by atoms with van der Waals surface area (Å²) in [7, 11) is 0. The molecule has 11 N–H and O–H groups in total. The van der Waals surface area contributed by atoms with Crippen LogP contribution in [0.1, 0.15) is 33.1 Å². The summed E-state index contributed by atoms with van der Waals surface area (Å²) < 4.78 is 8.36. The van der Waals surface area contributed by atoms with Gasteiger partial charge in [0.15, 0.2) is 12.2 Å². The summed E-state index contributed by atoms with van der Waals surface area (Å²) in [4.78, 5) is 55.1. The first-order valence-electron chi connectivity index (χ1n) is 8.90. The van der Waals surface area contributed by atoms with Gasteiger partial charge in [0.05, 0.1) is 0 Å². The van der Waals surface area contributed by atoms with E-state index >= 15 is 0 Å². The molecule has 3 unspecified atom stereocenters. The summed E-state index contributed by atoms with van der Waals surface area (Å²) in [6.45, 7) is 3.44. The molecular formula is C16H30N4O10. The summed E-state index contributed by atoms with van der Waals surface area (Å²) >= 11 is 0. The summed E-state index contributed by atoms with van der Waals surface area (Å²) in [6, 6.07) is -2.98. The largest absolute Gasteiger partial charge is 0.480 e. The maximum atomic E-state index is 11.4. The van der Waals surface area contributed by atoms with E-state index < -0.39 is 60.2 Å². The Morgan fingerprint density at radius 1 is 0.733 bits per heavy atom. The van der Waals surface area contributed by atoms with Crippen molar-refractivity contribution in [3.63, 3.8) is 0 Å². The molecule has 0 aliphatic rings. The first-order chi connectivity index (χ1) is 13.8. The van der Waals surface area contributed by atoms with E-state index in [1.807, 2.05) is 0 Å². The van der Waals surface area contributed by atoms with Gasteiger partial charge in [-0.1, -0.05) is 13.8 Å². The van der Waals surface area contributed by atoms with Crippen molar-refractivity contribution in [2.75, 3.05) is 6.54 Å². The topological polar surface area (TPSA) is 269 Å². The molecule has 0 aliphatic heterocycles. The number of carbonyl (C=O) groups excluding carboxylic acids is 4. The second kappa shape index (κ2) is 15.4. The van der Waals surface area contributed by atoms with Gasteiger partial charge in [-0.25, -0.2) is 19.2 Å². The molecule has 174 valence electrons. The molecule has 0 bridgehead atoms. The van der Waals surface area contributed by atoms with Crippen molar-refractivity contribution in [2.45, 2.75) is 63.4 Å². The molecule has 0 aromatic heterocycles. The van der Waals surface area contributed by atoms with Crippen LogP contribution >= 0.6 is 0 Å². The summed E-state index contributed by atoms with van der Waals surface area (Å²) in [5, 5.41) is 26.9. The summed E-state index contributed by atoms with van der Waals surface area (Å²) in [6.07, 6.45) is -4.13. The minimum Gasteiger partial charge on any atom is -0.480 e. The van der Waals surface area contributed by atoms with Crippen LogP contribution in [0, 0.1) is 0 Å². The molecule has 30 heavy (non-hydrogen) atoms. The van der Waals surface area contributed by atoms with Crippen molar-refractivity contribution in [3.05, 3.63) is 0 Å². The third-order valence-electron chi connectivity index (χ3n) is 3.46. The van der Waals surface area contributed by atoms with Crippen molar-refractivity contribution in [3.8, 4) is 0 Å². The van der Waals surface area contributed by atoms with Crippen LogP contribution in [0.25, 0.3) is 0 Å². The SMILES string of the molecule is CC[C@H](N)C(=O)OC(=O)C(O)C(O)C(=O)OC(=O)[C@@H](N)CC.NCCC(N)C(=O)O. The average molecular weight is 438 g/mol. The zero-order valence-electron chi connectivity index (χ0n) is 16.7. The average Bonchev–Trinajstić information content (AvgIpc) is 2.71. The Kier molecular flexibility index (Phi) is 15.2. The third kappa shape index (κ3) is 11.5. The highest BCUT2D eigenvalue weighted by molar-refractivity contribution is 5.96. The van der Waals surface area contributed by atoms with Gasteiger partial charge in [-0.2, -0.15) is 0 Å². The molecule has 0 fully saturated rings. The lowest BCUT2D eigenvalue weighted by Gasteiger charge is -2.16. The predicted octanol–water partition coefficient (Wildman–Crippen LogP) is -3.93. The minimum atomic E-state index is -2.41. The number of nitrogens with two attached hydrogens (primary N) is 4. The van der Waals surface area contributed by atoms with E-state index in [2.05, 4.69) is 9.47 Å². The first kappa shape index (κ1) is 29.7. The molecule has 14 nitrogen and oxygen atoms in total. The van der Waals surface area contributed by atoms with E-state index in [1.54, 1.807) is 13.8 Å². The number of carboxylic acid groups (broad SMARTS) is 1. The smallest absolute Gasteiger partial charge is 0.346 e. The van der Waals surface area contributed by atoms with E-state index in [1.165, 1.54) is 0 Å². The molecule has 0 aromatic carbocycles. The van der Waals surface area contributed by atoms with Crippen LogP contribution in [-0.2, 0) is 33.4 Å². The van der Waals surface area contributed by atoms with Crippen LogP contribution in [0.2, 0.25) is 0 Å². The van der Waals surface area contributed by atoms with E-state index in [4.69, 9.17) is 28.0 Å². The first-order valence-corrected chi connectivity index (χ1v) is 8.90. The zero-order chi connectivity index (χ0) is 24.0. The molecule has 14 heteroatoms. The Morgan fingerprint density at radius 3 is 1.27 bits per heavy atom. The normalized spacial score (nSPS) is 15.3. The van der Waals surface area contributed by atoms with Crippen LogP contribution in [0.15, 0.2) is 0 Å². The molecule has 0 aliphatic carbocycles. The molecule has 0 spiro atoms. The second-order valence-corrected chi connectivity index (χ2v) is 5.92. The predicted molar refractivity (Wildman–Crippen MR) is 100 cm³/mol. The van der Waals surface area contributed by atoms with Gasteiger partial charge in [0.1, 0.15) is 18.1 Å². The lowest BCUT2D eigenvalue weighted by molar-refractivity contribution is -0.181. The minimum absolute atomic E-state index is 0.177. The van der Waals surface area contributed by atoms with E-state index in [-0.39, 0.29) is 12.8 Å². The van der Waals surface area contributed by atoms with Crippen LogP contribution in [0.4, 0.5) is 0 Å². The Hall–Kier alpha value is -2.49. The maximum Gasteiger partial charge on any atom is 0.346 e. The molecule has 0 saturated heterocycles. The van der Waals surface area contributed by atoms with Gasteiger partial charge in [-0.3, -0.25) is 4.79 Å². The van der Waals surface area contributed by atoms with Gasteiger partial charge < -0.3 is 47.7 Å². The summed E-state index contributed by atoms with van der Waals surface area (Å²) in [5.41, 5.74) is 20.7. The molecule has 0 saturated carbocycles. The van der Waals surface area contributed by atoms with Gasteiger partial charge in [0, 0.05) is 0 Å². The number of hydrogen-bond donors (Lipinski definition) is 7. The van der Waals surface area contributed by atoms with Gasteiger partial charge in [-0.15, -0.1) is 0 Å². The Balaban J connectivity index is 0. The van der Waals surface area contributed by atoms with Gasteiger partial charge in [0.2, 0.25) is 0 Å². The van der Waals surface area contributed by atoms with E-state index in [9.17, 15) is 34.2 Å². The van der Waals surface area contributed by atoms with Crippen molar-refractivity contribution < 1.29 is 48.8 Å². The lowest BCUT2D eigenvalue weighted by atomic mass is 10.2. The number of esters is 4. The monoisotopic (exact) mass is 438 g/mol. The Morgan fingerprint density at radius 2 is 1.07 bits per heavy atom. The maximum absolute atomic E-state index is 11.4. The van der Waals surface area contributed by atoms with Crippen LogP contribution < -0.4 is 22.9 Å². The number of aliphatic hydroxyl groups is 2. The van der Waals surface area contributed by atoms with Gasteiger partial charge in [-0.05, 0) is 25.8 Å². The Labute approximate surface area is 172 Å². The number of aliphatic carboxylic acids is 1. The Bertz CT molecular complexity index is 561. The number of rotatable bonds is 10. The fourth-order valence-corrected chi connectivity index (χ4v) is 1.36. The molecular weight excluding hydrogens is 408 g/mol. The standard InChI is InChI=1S/C12H20N2O8.C4H10N2O2/c1-3-5(13)9(17)21-11(19)7(15)8(16)12(20)22-10(18)6(14)4-2;5-2-1-3(6)4(7)8/h5-8,15-16H,3-4,13-14H2,1-2H3;3H,1-2,5-6H2,(H,7,8)/t5-,6-,7?,8?;/m0./s1. The molecule has 0 radical (unpaired) electrons. The van der Waals surface area contributed by atoms with Crippen LogP contribution in [-0.4, -0.2) is 82.0 Å². The van der Waals surface area contributed by atoms with Crippen molar-refractivity contribution >= 4 is 29.8 Å². The highest BCUT2D eigenvalue weighted by Crippen LogP contribution is 2.03. The van der Waals surface area contributed by atoms with Crippen molar-refractivity contribution in [1.29, 1.82) is 0 Å². The number of carbonyl (C=O) groups is 5. The third-order valence-corrected chi connectivity index (χ3v) is 3.46. The van der Waals surface area contributed by atoms with Crippen molar-refractivity contribution in [2.24, 2.45) is 22.9 Å². The highest BCUT2D eigenvalue weighted by atomic mass is 16.6. The number of ether oxygens (including phenoxy) is 2. The lowest BCUT2D eigenvalue weighted by Crippen LogP contribution is -2.45. The molecule has 0 heterocycles. The van der Waals surface area contributed by atoms with Gasteiger partial charge >= 0.3 is 29.8 Å². The number of hydrogen-bond acceptors (Lipinski definition) is 13. The fraction of sp³-hybridized carbons (Fsp3) is 0.688. The number of aliphatic hydroxyl groups excluding tert-OH is 2. The fourth-order valence-electron chi connectivity index (χ4n) is 1.36. The highest BCUT2D eigenvalue weighted by Gasteiger charge is 2.36. The van der Waals surface area contributed by atoms with E-state index in [0.717, 1.165) is 0 Å². The molecule has 0 amide bonds. The van der Waals surface area contributed by atoms with Crippen LogP contribution in [0.5, 0.6) is 0 Å². The number of carboxylic acids is 1. The second-order valence-electron chi connectivity index (χ2n) is 5.92. The summed E-state index contributed by atoms with van der Waals surface area (Å²) in [5.74, 6) is -6.43.